The van der Waals surface area contributed by atoms with Crippen molar-refractivity contribution in [1.82, 2.24) is 4.57 Å². The molecule has 92 valence electrons. The Hall–Kier alpha value is -0.800. The molecule has 17 heavy (non-hydrogen) atoms. The zero-order valence-corrected chi connectivity index (χ0v) is 12.0. The van der Waals surface area contributed by atoms with Gasteiger partial charge in [0.25, 0.3) is 0 Å². The molecule has 1 unspecified atom stereocenters. The number of rotatable bonds is 3. The van der Waals surface area contributed by atoms with Crippen molar-refractivity contribution in [2.45, 2.75) is 32.7 Å². The Labute approximate surface area is 110 Å². The molecule has 0 aliphatic heterocycles. The minimum atomic E-state index is 0.163. The maximum absolute atomic E-state index is 9.36. The highest BCUT2D eigenvalue weighted by molar-refractivity contribution is 9.10. The Kier molecular flexibility index (Phi) is 3.59. The molecule has 0 spiro atoms. The zero-order chi connectivity index (χ0) is 12.6. The van der Waals surface area contributed by atoms with Crippen LogP contribution in [0.15, 0.2) is 28.9 Å². The number of aliphatic hydroxyl groups is 1. The van der Waals surface area contributed by atoms with Crippen LogP contribution in [0.2, 0.25) is 0 Å². The second-order valence-electron chi connectivity index (χ2n) is 4.80. The van der Waals surface area contributed by atoms with Crippen LogP contribution in [0.4, 0.5) is 0 Å². The van der Waals surface area contributed by atoms with Crippen molar-refractivity contribution in [3.05, 3.63) is 34.4 Å². The first-order valence-electron chi connectivity index (χ1n) is 5.96. The summed E-state index contributed by atoms with van der Waals surface area (Å²) in [5.41, 5.74) is 2.44. The molecule has 3 heteroatoms. The van der Waals surface area contributed by atoms with E-state index < -0.39 is 0 Å². The molecular weight excluding hydrogens is 278 g/mol. The van der Waals surface area contributed by atoms with Crippen molar-refractivity contribution in [3.8, 4) is 0 Å². The lowest BCUT2D eigenvalue weighted by atomic mass is 10.0. The van der Waals surface area contributed by atoms with E-state index in [0.29, 0.717) is 6.04 Å². The predicted molar refractivity (Wildman–Crippen MR) is 75.5 cm³/mol. The van der Waals surface area contributed by atoms with E-state index >= 15 is 0 Å². The monoisotopic (exact) mass is 295 g/mol. The van der Waals surface area contributed by atoms with E-state index in [0.717, 1.165) is 4.47 Å². The lowest BCUT2D eigenvalue weighted by Gasteiger charge is -2.08. The van der Waals surface area contributed by atoms with Crippen molar-refractivity contribution >= 4 is 26.8 Å². The van der Waals surface area contributed by atoms with E-state index in [1.165, 1.54) is 16.5 Å². The van der Waals surface area contributed by atoms with E-state index in [-0.39, 0.29) is 12.5 Å². The predicted octanol–water partition coefficient (Wildman–Crippen LogP) is 4.08. The van der Waals surface area contributed by atoms with Crippen LogP contribution in [0.5, 0.6) is 0 Å². The number of hydrogen-bond acceptors (Lipinski definition) is 1. The highest BCUT2D eigenvalue weighted by Crippen LogP contribution is 2.34. The summed E-state index contributed by atoms with van der Waals surface area (Å²) in [7, 11) is 0. The second kappa shape index (κ2) is 4.83. The van der Waals surface area contributed by atoms with Gasteiger partial charge in [-0.1, -0.05) is 28.9 Å². The van der Waals surface area contributed by atoms with Gasteiger partial charge in [-0.25, -0.2) is 0 Å². The molecule has 0 aliphatic carbocycles. The van der Waals surface area contributed by atoms with Gasteiger partial charge in [-0.3, -0.25) is 0 Å². The average Bonchev–Trinajstić information content (AvgIpc) is 2.69. The molecular formula is C14H18BrNO. The fourth-order valence-electron chi connectivity index (χ4n) is 2.20. The minimum Gasteiger partial charge on any atom is -0.396 e. The first-order chi connectivity index (χ1) is 8.06. The normalized spacial score (nSPS) is 13.5. The van der Waals surface area contributed by atoms with E-state index in [1.54, 1.807) is 0 Å². The van der Waals surface area contributed by atoms with Crippen molar-refractivity contribution in [2.24, 2.45) is 0 Å². The second-order valence-corrected chi connectivity index (χ2v) is 5.66. The van der Waals surface area contributed by atoms with Gasteiger partial charge in [0.05, 0.1) is 0 Å². The number of benzene rings is 1. The van der Waals surface area contributed by atoms with Crippen LogP contribution in [-0.2, 0) is 0 Å². The molecule has 0 fully saturated rings. The SMILES string of the molecule is CC(CO)c1cn(C(C)C)c2cccc(Br)c12. The molecule has 0 radical (unpaired) electrons. The van der Waals surface area contributed by atoms with Crippen LogP contribution in [0.1, 0.15) is 38.3 Å². The van der Waals surface area contributed by atoms with Gasteiger partial charge in [0.15, 0.2) is 0 Å². The number of nitrogens with zero attached hydrogens (tertiary/aromatic N) is 1. The summed E-state index contributed by atoms with van der Waals surface area (Å²) in [6, 6.07) is 6.67. The van der Waals surface area contributed by atoms with Crippen LogP contribution in [0.25, 0.3) is 10.9 Å². The molecule has 0 bridgehead atoms. The molecule has 1 aromatic heterocycles. The van der Waals surface area contributed by atoms with Crippen LogP contribution >= 0.6 is 15.9 Å². The molecule has 1 atom stereocenters. The molecule has 2 rings (SSSR count). The highest BCUT2D eigenvalue weighted by atomic mass is 79.9. The largest absolute Gasteiger partial charge is 0.396 e. The summed E-state index contributed by atoms with van der Waals surface area (Å²) in [5.74, 6) is 0.163. The third-order valence-electron chi connectivity index (χ3n) is 3.20. The van der Waals surface area contributed by atoms with E-state index in [4.69, 9.17) is 0 Å². The lowest BCUT2D eigenvalue weighted by Crippen LogP contribution is -1.99. The zero-order valence-electron chi connectivity index (χ0n) is 10.4. The topological polar surface area (TPSA) is 25.2 Å². The molecule has 0 amide bonds. The summed E-state index contributed by atoms with van der Waals surface area (Å²) in [4.78, 5) is 0. The summed E-state index contributed by atoms with van der Waals surface area (Å²) >= 11 is 3.61. The Morgan fingerprint density at radius 1 is 1.29 bits per heavy atom. The molecule has 1 aromatic carbocycles. The average molecular weight is 296 g/mol. The van der Waals surface area contributed by atoms with Crippen LogP contribution in [0.3, 0.4) is 0 Å². The smallest absolute Gasteiger partial charge is 0.0497 e. The highest BCUT2D eigenvalue weighted by Gasteiger charge is 2.16. The molecule has 0 saturated carbocycles. The quantitative estimate of drug-likeness (QED) is 0.907. The van der Waals surface area contributed by atoms with Crippen molar-refractivity contribution < 1.29 is 5.11 Å². The third kappa shape index (κ3) is 2.14. The first kappa shape index (κ1) is 12.7. The fourth-order valence-corrected chi connectivity index (χ4v) is 2.78. The van der Waals surface area contributed by atoms with E-state index in [1.807, 2.05) is 0 Å². The summed E-state index contributed by atoms with van der Waals surface area (Å²) in [6.45, 7) is 6.58. The number of halogens is 1. The van der Waals surface area contributed by atoms with Crippen molar-refractivity contribution in [2.75, 3.05) is 6.61 Å². The third-order valence-corrected chi connectivity index (χ3v) is 3.86. The van der Waals surface area contributed by atoms with E-state index in [2.05, 4.69) is 65.7 Å². The molecule has 2 nitrogen and oxygen atoms in total. The Morgan fingerprint density at radius 3 is 2.59 bits per heavy atom. The van der Waals surface area contributed by atoms with Gasteiger partial charge in [-0.2, -0.15) is 0 Å². The Morgan fingerprint density at radius 2 is 2.00 bits per heavy atom. The van der Waals surface area contributed by atoms with Gasteiger partial charge in [-0.05, 0) is 31.5 Å². The summed E-state index contributed by atoms with van der Waals surface area (Å²) in [5, 5.41) is 10.6. The van der Waals surface area contributed by atoms with Gasteiger partial charge in [0.1, 0.15) is 0 Å². The Balaban J connectivity index is 2.76. The Bertz CT molecular complexity index is 530. The number of aromatic nitrogens is 1. The van der Waals surface area contributed by atoms with Crippen molar-refractivity contribution in [1.29, 1.82) is 0 Å². The maximum atomic E-state index is 9.36. The number of hydrogen-bond donors (Lipinski definition) is 1. The van der Waals surface area contributed by atoms with E-state index in [9.17, 15) is 5.11 Å². The number of fused-ring (bicyclic) bond motifs is 1. The molecule has 1 N–H and O–H groups in total. The fraction of sp³-hybridized carbons (Fsp3) is 0.429. The van der Waals surface area contributed by atoms with Crippen LogP contribution < -0.4 is 0 Å². The van der Waals surface area contributed by atoms with Gasteiger partial charge in [-0.15, -0.1) is 0 Å². The van der Waals surface area contributed by atoms with Crippen LogP contribution in [0, 0.1) is 0 Å². The lowest BCUT2D eigenvalue weighted by molar-refractivity contribution is 0.273. The minimum absolute atomic E-state index is 0.163. The van der Waals surface area contributed by atoms with Gasteiger partial charge >= 0.3 is 0 Å². The summed E-state index contributed by atoms with van der Waals surface area (Å²) < 4.78 is 3.37. The summed E-state index contributed by atoms with van der Waals surface area (Å²) in [6.07, 6.45) is 2.17. The van der Waals surface area contributed by atoms with Gasteiger partial charge < -0.3 is 9.67 Å². The molecule has 2 aromatic rings. The first-order valence-corrected chi connectivity index (χ1v) is 6.75. The van der Waals surface area contributed by atoms with Crippen LogP contribution in [-0.4, -0.2) is 16.3 Å². The van der Waals surface area contributed by atoms with Crippen molar-refractivity contribution in [3.63, 3.8) is 0 Å². The maximum Gasteiger partial charge on any atom is 0.0497 e. The molecule has 1 heterocycles. The number of aliphatic hydroxyl groups excluding tert-OH is 1. The van der Waals surface area contributed by atoms with Gasteiger partial charge in [0.2, 0.25) is 0 Å². The standard InChI is InChI=1S/C14H18BrNO/c1-9(2)16-7-11(10(3)8-17)14-12(15)5-4-6-13(14)16/h4-7,9-10,17H,8H2,1-3H3. The van der Waals surface area contributed by atoms with Gasteiger partial charge in [0, 0.05) is 40.1 Å². The molecule has 0 saturated heterocycles. The molecule has 0 aliphatic rings.